The molecule has 0 unspecified atom stereocenters. The molecule has 292 valence electrons. The second-order valence-electron chi connectivity index (χ2n) is 17.2. The SMILES string of the molecule is CC1(C)c2ccccc2-c2ccc(N(c3ccc(-c4cccc5c4oc4ccccc45)cc3)c3ccc4oc5c6ccccc6c6ccccc6c5c4c3-c3ccccc3)cc21. The summed E-state index contributed by atoms with van der Waals surface area (Å²) in [7, 11) is 0. The average molecular weight is 794 g/mol. The van der Waals surface area contributed by atoms with E-state index in [0.29, 0.717) is 0 Å². The van der Waals surface area contributed by atoms with Crippen LogP contribution in [0.5, 0.6) is 0 Å². The quantitative estimate of drug-likeness (QED) is 0.163. The van der Waals surface area contributed by atoms with Gasteiger partial charge in [-0.3, -0.25) is 0 Å². The van der Waals surface area contributed by atoms with Crippen molar-refractivity contribution in [3.8, 4) is 33.4 Å². The molecule has 62 heavy (non-hydrogen) atoms. The van der Waals surface area contributed by atoms with E-state index < -0.39 is 0 Å². The Hall–Kier alpha value is -7.88. The molecule has 3 nitrogen and oxygen atoms in total. The van der Waals surface area contributed by atoms with Gasteiger partial charge in [-0.1, -0.05) is 172 Å². The van der Waals surface area contributed by atoms with Gasteiger partial charge in [0.05, 0.1) is 5.69 Å². The smallest absolute Gasteiger partial charge is 0.143 e. The summed E-state index contributed by atoms with van der Waals surface area (Å²) in [6.07, 6.45) is 0. The molecule has 0 radical (unpaired) electrons. The van der Waals surface area contributed by atoms with Crippen LogP contribution in [0.3, 0.4) is 0 Å². The normalized spacial score (nSPS) is 13.1. The van der Waals surface area contributed by atoms with Crippen LogP contribution >= 0.6 is 0 Å². The first-order valence-corrected chi connectivity index (χ1v) is 21.4. The van der Waals surface area contributed by atoms with Crippen molar-refractivity contribution in [2.45, 2.75) is 19.3 Å². The molecule has 0 atom stereocenters. The minimum atomic E-state index is -0.171. The Morgan fingerprint density at radius 2 is 0.968 bits per heavy atom. The number of furan rings is 2. The summed E-state index contributed by atoms with van der Waals surface area (Å²) in [5.41, 5.74) is 16.3. The van der Waals surface area contributed by atoms with Gasteiger partial charge in [0.25, 0.3) is 0 Å². The molecular weight excluding hydrogens is 755 g/mol. The second kappa shape index (κ2) is 13.1. The molecule has 2 heterocycles. The highest BCUT2D eigenvalue weighted by molar-refractivity contribution is 6.33. The van der Waals surface area contributed by atoms with Crippen LogP contribution in [0.2, 0.25) is 0 Å². The van der Waals surface area contributed by atoms with Crippen LogP contribution in [-0.4, -0.2) is 0 Å². The van der Waals surface area contributed by atoms with Crippen molar-refractivity contribution in [1.29, 1.82) is 0 Å². The largest absolute Gasteiger partial charge is 0.455 e. The molecule has 0 bridgehead atoms. The molecule has 0 saturated heterocycles. The molecular formula is C59H39NO2. The Morgan fingerprint density at radius 3 is 1.79 bits per heavy atom. The van der Waals surface area contributed by atoms with Crippen molar-refractivity contribution >= 4 is 82.5 Å². The monoisotopic (exact) mass is 793 g/mol. The number of hydrogen-bond acceptors (Lipinski definition) is 3. The molecule has 0 N–H and O–H groups in total. The standard InChI is InChI=1S/C59H39NO2/c1-59(2)49-25-12-10-19-43(49)44-32-31-39(35-50(44)59)60(38-29-27-36(28-30-38)40-23-14-24-48-45-20-11-13-26-52(45)61-57(40)48)51-33-34-53-56(54(51)37-15-4-3-5-16-37)55-46-21-8-6-17-41(46)42-18-7-9-22-47(42)58(55)62-53/h3-35H,1-2H3. The lowest BCUT2D eigenvalue weighted by Crippen LogP contribution is -2.17. The van der Waals surface area contributed by atoms with Crippen molar-refractivity contribution in [3.05, 3.63) is 211 Å². The molecule has 0 amide bonds. The van der Waals surface area contributed by atoms with Crippen LogP contribution in [-0.2, 0) is 5.41 Å². The molecule has 0 fully saturated rings. The van der Waals surface area contributed by atoms with Gasteiger partial charge < -0.3 is 13.7 Å². The Bertz CT molecular complexity index is 3780. The van der Waals surface area contributed by atoms with Crippen LogP contribution in [0.15, 0.2) is 209 Å². The fourth-order valence-electron chi connectivity index (χ4n) is 10.6. The number of nitrogens with zero attached hydrogens (tertiary/aromatic N) is 1. The van der Waals surface area contributed by atoms with E-state index in [2.05, 4.69) is 207 Å². The summed E-state index contributed by atoms with van der Waals surface area (Å²) in [6.45, 7) is 4.71. The summed E-state index contributed by atoms with van der Waals surface area (Å²) in [5.74, 6) is 0. The predicted molar refractivity (Wildman–Crippen MR) is 259 cm³/mol. The first kappa shape index (κ1) is 34.9. The molecule has 1 aliphatic rings. The Labute approximate surface area is 358 Å². The van der Waals surface area contributed by atoms with Crippen LogP contribution in [0, 0.1) is 0 Å². The summed E-state index contributed by atoms with van der Waals surface area (Å²) in [5, 5.41) is 9.21. The van der Waals surface area contributed by atoms with Crippen molar-refractivity contribution in [1.82, 2.24) is 0 Å². The molecule has 12 aromatic rings. The molecule has 0 aliphatic heterocycles. The Morgan fingerprint density at radius 1 is 0.371 bits per heavy atom. The second-order valence-corrected chi connectivity index (χ2v) is 17.2. The number of hydrogen-bond donors (Lipinski definition) is 0. The third kappa shape index (κ3) is 4.94. The van der Waals surface area contributed by atoms with Gasteiger partial charge in [0.15, 0.2) is 0 Å². The van der Waals surface area contributed by atoms with Gasteiger partial charge in [-0.25, -0.2) is 0 Å². The zero-order chi connectivity index (χ0) is 41.1. The lowest BCUT2D eigenvalue weighted by molar-refractivity contribution is 0.660. The van der Waals surface area contributed by atoms with Gasteiger partial charge in [0.2, 0.25) is 0 Å². The third-order valence-corrected chi connectivity index (χ3v) is 13.5. The van der Waals surface area contributed by atoms with Gasteiger partial charge in [-0.05, 0) is 92.0 Å². The number of rotatable bonds is 5. The van der Waals surface area contributed by atoms with Crippen molar-refractivity contribution in [2.24, 2.45) is 0 Å². The number of anilines is 3. The van der Waals surface area contributed by atoms with Gasteiger partial charge >= 0.3 is 0 Å². The third-order valence-electron chi connectivity index (χ3n) is 13.5. The van der Waals surface area contributed by atoms with E-state index in [1.165, 1.54) is 38.4 Å². The average Bonchev–Trinajstić information content (AvgIpc) is 3.98. The van der Waals surface area contributed by atoms with E-state index in [1.807, 2.05) is 12.1 Å². The minimum Gasteiger partial charge on any atom is -0.455 e. The fraction of sp³-hybridized carbons (Fsp3) is 0.0508. The molecule has 1 aliphatic carbocycles. The van der Waals surface area contributed by atoms with Gasteiger partial charge in [-0.15, -0.1) is 0 Å². The first-order valence-electron chi connectivity index (χ1n) is 21.4. The Kier molecular flexibility index (Phi) is 7.36. The topological polar surface area (TPSA) is 29.5 Å². The van der Waals surface area contributed by atoms with Crippen LogP contribution in [0.4, 0.5) is 17.1 Å². The van der Waals surface area contributed by atoms with E-state index >= 15 is 0 Å². The number of fused-ring (bicyclic) bond motifs is 14. The summed E-state index contributed by atoms with van der Waals surface area (Å²) in [6, 6.07) is 72.4. The van der Waals surface area contributed by atoms with Gasteiger partial charge in [0.1, 0.15) is 22.3 Å². The van der Waals surface area contributed by atoms with Gasteiger partial charge in [-0.2, -0.15) is 0 Å². The maximum atomic E-state index is 7.00. The van der Waals surface area contributed by atoms with Crippen molar-refractivity contribution < 1.29 is 8.83 Å². The van der Waals surface area contributed by atoms with Gasteiger partial charge in [0, 0.05) is 54.8 Å². The highest BCUT2D eigenvalue weighted by Gasteiger charge is 2.36. The summed E-state index contributed by atoms with van der Waals surface area (Å²) in [4.78, 5) is 2.45. The van der Waals surface area contributed by atoms with E-state index in [1.54, 1.807) is 0 Å². The maximum absolute atomic E-state index is 7.00. The first-order chi connectivity index (χ1) is 30.5. The fourth-order valence-corrected chi connectivity index (χ4v) is 10.6. The molecule has 3 heteroatoms. The van der Waals surface area contributed by atoms with E-state index in [0.717, 1.165) is 88.6 Å². The van der Waals surface area contributed by atoms with Crippen LogP contribution in [0.25, 0.3) is 98.8 Å². The summed E-state index contributed by atoms with van der Waals surface area (Å²) < 4.78 is 13.5. The molecule has 0 spiro atoms. The summed E-state index contributed by atoms with van der Waals surface area (Å²) >= 11 is 0. The highest BCUT2D eigenvalue weighted by Crippen LogP contribution is 2.53. The Balaban J connectivity index is 1.10. The highest BCUT2D eigenvalue weighted by atomic mass is 16.3. The van der Waals surface area contributed by atoms with Crippen LogP contribution < -0.4 is 4.90 Å². The molecule has 10 aromatic carbocycles. The lowest BCUT2D eigenvalue weighted by atomic mass is 9.82. The predicted octanol–water partition coefficient (Wildman–Crippen LogP) is 16.9. The zero-order valence-electron chi connectivity index (χ0n) is 34.3. The van der Waals surface area contributed by atoms with Crippen LogP contribution in [0.1, 0.15) is 25.0 Å². The van der Waals surface area contributed by atoms with Crippen molar-refractivity contribution in [3.63, 3.8) is 0 Å². The molecule has 13 rings (SSSR count). The molecule has 0 saturated carbocycles. The number of benzene rings is 10. The maximum Gasteiger partial charge on any atom is 0.143 e. The number of para-hydroxylation sites is 2. The van der Waals surface area contributed by atoms with E-state index in [4.69, 9.17) is 8.83 Å². The van der Waals surface area contributed by atoms with Crippen molar-refractivity contribution in [2.75, 3.05) is 4.90 Å². The minimum absolute atomic E-state index is 0.171. The van der Waals surface area contributed by atoms with E-state index in [9.17, 15) is 0 Å². The molecule has 2 aromatic heterocycles. The lowest BCUT2D eigenvalue weighted by Gasteiger charge is -2.30. The van der Waals surface area contributed by atoms with E-state index in [-0.39, 0.29) is 5.41 Å². The zero-order valence-corrected chi connectivity index (χ0v) is 34.3.